The Bertz CT molecular complexity index is 811. The first-order valence-electron chi connectivity index (χ1n) is 9.41. The number of hydrogen-bond donors (Lipinski definition) is 2. The van der Waals surface area contributed by atoms with Crippen LogP contribution >= 0.6 is 0 Å². The van der Waals surface area contributed by atoms with E-state index >= 15 is 0 Å². The van der Waals surface area contributed by atoms with Crippen molar-refractivity contribution in [3.63, 3.8) is 0 Å². The Kier molecular flexibility index (Phi) is 6.04. The number of fused-ring (bicyclic) bond motifs is 1. The lowest BCUT2D eigenvalue weighted by Gasteiger charge is -2.16. The number of aromatic amines is 1. The van der Waals surface area contributed by atoms with Gasteiger partial charge < -0.3 is 10.7 Å². The van der Waals surface area contributed by atoms with Crippen LogP contribution in [-0.4, -0.2) is 32.7 Å². The van der Waals surface area contributed by atoms with E-state index in [-0.39, 0.29) is 5.95 Å². The van der Waals surface area contributed by atoms with Crippen molar-refractivity contribution >= 4 is 28.8 Å². The average Bonchev–Trinajstić information content (AvgIpc) is 3.07. The smallest absolute Gasteiger partial charge is 0.221 e. The largest absolute Gasteiger partial charge is 0.368 e. The van der Waals surface area contributed by atoms with Crippen molar-refractivity contribution in [1.82, 2.24) is 20.0 Å². The van der Waals surface area contributed by atoms with Gasteiger partial charge in [0.2, 0.25) is 5.95 Å². The molecule has 26 heavy (non-hydrogen) atoms. The molecule has 1 aliphatic carbocycles. The van der Waals surface area contributed by atoms with Gasteiger partial charge in [0, 0.05) is 35.8 Å². The summed E-state index contributed by atoms with van der Waals surface area (Å²) in [6.07, 6.45) is 19.0. The summed E-state index contributed by atoms with van der Waals surface area (Å²) in [5.41, 5.74) is 8.53. The molecule has 2 aromatic rings. The molecule has 3 N–H and O–H groups in total. The first-order chi connectivity index (χ1) is 12.7. The van der Waals surface area contributed by atoms with E-state index in [9.17, 15) is 0 Å². The van der Waals surface area contributed by atoms with Gasteiger partial charge in [0.1, 0.15) is 5.65 Å². The van der Waals surface area contributed by atoms with E-state index in [2.05, 4.69) is 33.1 Å². The lowest BCUT2D eigenvalue weighted by atomic mass is 9.91. The van der Waals surface area contributed by atoms with E-state index in [0.717, 1.165) is 34.6 Å². The van der Waals surface area contributed by atoms with Crippen molar-refractivity contribution in [2.24, 2.45) is 11.0 Å². The van der Waals surface area contributed by atoms with Crippen LogP contribution in [-0.2, 0) is 0 Å². The van der Waals surface area contributed by atoms with Crippen LogP contribution in [0.2, 0.25) is 0 Å². The SMILES string of the molecule is C/C=N\N1C=CC(c2c[nH]c3nc(N)ncc23)=CC1.CC1CCCCC1. The number of nitrogens with two attached hydrogens (primary N) is 1. The van der Waals surface area contributed by atoms with Crippen molar-refractivity contribution in [2.75, 3.05) is 12.3 Å². The maximum absolute atomic E-state index is 5.57. The van der Waals surface area contributed by atoms with Crippen LogP contribution in [0.3, 0.4) is 0 Å². The van der Waals surface area contributed by atoms with Crippen molar-refractivity contribution in [3.05, 3.63) is 36.3 Å². The monoisotopic (exact) mass is 352 g/mol. The molecular weight excluding hydrogens is 324 g/mol. The van der Waals surface area contributed by atoms with Crippen LogP contribution in [0.1, 0.15) is 51.5 Å². The molecule has 4 rings (SSSR count). The average molecular weight is 352 g/mol. The first kappa shape index (κ1) is 18.2. The van der Waals surface area contributed by atoms with Crippen molar-refractivity contribution in [3.8, 4) is 0 Å². The molecule has 1 aliphatic heterocycles. The van der Waals surface area contributed by atoms with Crippen LogP contribution < -0.4 is 5.73 Å². The second-order valence-corrected chi connectivity index (χ2v) is 6.91. The zero-order valence-corrected chi connectivity index (χ0v) is 15.7. The van der Waals surface area contributed by atoms with Gasteiger partial charge in [-0.2, -0.15) is 10.1 Å². The minimum absolute atomic E-state index is 0.275. The van der Waals surface area contributed by atoms with Gasteiger partial charge in [-0.05, 0) is 24.5 Å². The van der Waals surface area contributed by atoms with Gasteiger partial charge >= 0.3 is 0 Å². The van der Waals surface area contributed by atoms with Gasteiger partial charge in [-0.15, -0.1) is 0 Å². The third-order valence-electron chi connectivity index (χ3n) is 4.84. The highest BCUT2D eigenvalue weighted by atomic mass is 15.4. The number of hydrogen-bond acceptors (Lipinski definition) is 5. The number of nitrogens with zero attached hydrogens (tertiary/aromatic N) is 4. The molecule has 138 valence electrons. The molecular formula is C20H28N6. The fourth-order valence-corrected chi connectivity index (χ4v) is 3.39. The van der Waals surface area contributed by atoms with Crippen molar-refractivity contribution < 1.29 is 0 Å². The minimum Gasteiger partial charge on any atom is -0.368 e. The zero-order chi connectivity index (χ0) is 18.4. The van der Waals surface area contributed by atoms with Crippen molar-refractivity contribution in [2.45, 2.75) is 46.0 Å². The third kappa shape index (κ3) is 4.50. The molecule has 0 saturated heterocycles. The maximum Gasteiger partial charge on any atom is 0.221 e. The summed E-state index contributed by atoms with van der Waals surface area (Å²) in [5.74, 6) is 1.31. The Morgan fingerprint density at radius 3 is 2.73 bits per heavy atom. The minimum atomic E-state index is 0.275. The Morgan fingerprint density at radius 2 is 2.12 bits per heavy atom. The molecule has 0 bridgehead atoms. The third-order valence-corrected chi connectivity index (χ3v) is 4.84. The van der Waals surface area contributed by atoms with E-state index in [1.807, 2.05) is 30.4 Å². The number of nitrogen functional groups attached to an aromatic ring is 1. The molecule has 2 aliphatic rings. The molecule has 1 fully saturated rings. The van der Waals surface area contributed by atoms with Gasteiger partial charge in [0.05, 0.1) is 6.54 Å². The second kappa shape index (κ2) is 8.65. The standard InChI is InChI=1S/C13H14N6.C7H14/c1-2-17-19-5-3-9(4-6-19)10-7-15-12-11(10)8-16-13(14)18-12;1-7-5-3-2-4-6-7/h2-5,7-8H,6H2,1H3,(H3,14,15,16,18);7H,2-6H2,1H3/b17-2-;. The quantitative estimate of drug-likeness (QED) is 0.787. The molecule has 0 spiro atoms. The van der Waals surface area contributed by atoms with E-state index < -0.39 is 0 Å². The summed E-state index contributed by atoms with van der Waals surface area (Å²) in [7, 11) is 0. The Hall–Kier alpha value is -2.63. The normalized spacial score (nSPS) is 18.1. The molecule has 0 atom stereocenters. The van der Waals surface area contributed by atoms with E-state index in [0.29, 0.717) is 0 Å². The van der Waals surface area contributed by atoms with Gasteiger partial charge in [-0.25, -0.2) is 4.98 Å². The Labute approximate surface area is 154 Å². The highest BCUT2D eigenvalue weighted by Crippen LogP contribution is 2.26. The second-order valence-electron chi connectivity index (χ2n) is 6.91. The molecule has 0 radical (unpaired) electrons. The van der Waals surface area contributed by atoms with Gasteiger partial charge in [-0.1, -0.05) is 45.1 Å². The van der Waals surface area contributed by atoms with Gasteiger partial charge in [-0.3, -0.25) is 5.01 Å². The number of aromatic nitrogens is 3. The molecule has 0 aromatic carbocycles. The highest BCUT2D eigenvalue weighted by molar-refractivity contribution is 5.93. The molecule has 0 unspecified atom stereocenters. The summed E-state index contributed by atoms with van der Waals surface area (Å²) in [6.45, 7) is 5.01. The molecule has 6 heteroatoms. The lowest BCUT2D eigenvalue weighted by molar-refractivity contribution is 0.385. The fraction of sp³-hybridized carbons (Fsp3) is 0.450. The fourth-order valence-electron chi connectivity index (χ4n) is 3.39. The van der Waals surface area contributed by atoms with E-state index in [4.69, 9.17) is 5.73 Å². The number of allylic oxidation sites excluding steroid dienone is 2. The summed E-state index contributed by atoms with van der Waals surface area (Å²) in [5, 5.41) is 7.04. The van der Waals surface area contributed by atoms with Gasteiger partial charge in [0.25, 0.3) is 0 Å². The first-order valence-corrected chi connectivity index (χ1v) is 9.41. The van der Waals surface area contributed by atoms with Crippen molar-refractivity contribution in [1.29, 1.82) is 0 Å². The summed E-state index contributed by atoms with van der Waals surface area (Å²) >= 11 is 0. The number of nitrogens with one attached hydrogen (secondary N) is 1. The van der Waals surface area contributed by atoms with Gasteiger partial charge in [0.15, 0.2) is 0 Å². The summed E-state index contributed by atoms with van der Waals surface area (Å²) < 4.78 is 0. The predicted molar refractivity (Wildman–Crippen MR) is 109 cm³/mol. The van der Waals surface area contributed by atoms with Crippen LogP contribution in [0, 0.1) is 5.92 Å². The maximum atomic E-state index is 5.57. The highest BCUT2D eigenvalue weighted by Gasteiger charge is 2.11. The van der Waals surface area contributed by atoms with E-state index in [1.54, 1.807) is 12.4 Å². The predicted octanol–water partition coefficient (Wildman–Crippen LogP) is 4.35. The number of H-pyrrole nitrogens is 1. The molecule has 0 amide bonds. The zero-order valence-electron chi connectivity index (χ0n) is 15.7. The van der Waals surface area contributed by atoms with E-state index in [1.165, 1.54) is 32.1 Å². The van der Waals surface area contributed by atoms with Crippen LogP contribution in [0.4, 0.5) is 5.95 Å². The number of anilines is 1. The molecule has 1 saturated carbocycles. The summed E-state index contributed by atoms with van der Waals surface area (Å²) in [4.78, 5) is 11.3. The van der Waals surface area contributed by atoms with Crippen LogP contribution in [0.15, 0.2) is 35.8 Å². The van der Waals surface area contributed by atoms with Crippen LogP contribution in [0.25, 0.3) is 16.6 Å². The molecule has 2 aromatic heterocycles. The Morgan fingerprint density at radius 1 is 1.31 bits per heavy atom. The Balaban J connectivity index is 0.000000236. The number of hydrazone groups is 1. The number of rotatable bonds is 2. The molecule has 3 heterocycles. The van der Waals surface area contributed by atoms with Crippen LogP contribution in [0.5, 0.6) is 0 Å². The summed E-state index contributed by atoms with van der Waals surface area (Å²) in [6, 6.07) is 0. The molecule has 6 nitrogen and oxygen atoms in total. The topological polar surface area (TPSA) is 83.2 Å². The lowest BCUT2D eigenvalue weighted by Crippen LogP contribution is -2.12.